The lowest BCUT2D eigenvalue weighted by Crippen LogP contribution is -2.23. The number of hydrogen-bond acceptors (Lipinski definition) is 3. The van der Waals surface area contributed by atoms with Crippen molar-refractivity contribution in [3.63, 3.8) is 0 Å². The molecule has 2 aromatic rings. The van der Waals surface area contributed by atoms with Crippen molar-refractivity contribution in [3.05, 3.63) is 30.6 Å². The Labute approximate surface area is 102 Å². The molecule has 0 atom stereocenters. The summed E-state index contributed by atoms with van der Waals surface area (Å²) in [6, 6.07) is 8.19. The third-order valence-electron chi connectivity index (χ3n) is 2.68. The van der Waals surface area contributed by atoms with Crippen LogP contribution in [0.4, 0.5) is 0 Å². The van der Waals surface area contributed by atoms with Gasteiger partial charge < -0.3 is 14.6 Å². The van der Waals surface area contributed by atoms with E-state index in [1.165, 1.54) is 5.52 Å². The van der Waals surface area contributed by atoms with Crippen LogP contribution in [0.1, 0.15) is 6.92 Å². The molecule has 0 aliphatic heterocycles. The first kappa shape index (κ1) is 12.1. The van der Waals surface area contributed by atoms with Gasteiger partial charge in [0.1, 0.15) is 0 Å². The van der Waals surface area contributed by atoms with Crippen LogP contribution in [0.25, 0.3) is 11.0 Å². The maximum atomic E-state index is 5.26. The zero-order chi connectivity index (χ0) is 11.9. The third-order valence-corrected chi connectivity index (χ3v) is 2.68. The van der Waals surface area contributed by atoms with E-state index in [1.54, 1.807) is 0 Å². The molecule has 0 spiro atoms. The number of para-hydroxylation sites is 2. The SMILES string of the molecule is CCOCCNCCn1cnc2ccccc21. The molecule has 1 aromatic carbocycles. The van der Waals surface area contributed by atoms with E-state index in [1.807, 2.05) is 31.5 Å². The Kier molecular flexibility index (Phi) is 4.53. The predicted octanol–water partition coefficient (Wildman–Crippen LogP) is 1.66. The summed E-state index contributed by atoms with van der Waals surface area (Å²) in [7, 11) is 0. The summed E-state index contributed by atoms with van der Waals surface area (Å²) < 4.78 is 7.43. The Morgan fingerprint density at radius 1 is 1.29 bits per heavy atom. The molecule has 0 unspecified atom stereocenters. The van der Waals surface area contributed by atoms with Crippen LogP contribution in [0, 0.1) is 0 Å². The van der Waals surface area contributed by atoms with Crippen molar-refractivity contribution in [1.29, 1.82) is 0 Å². The Balaban J connectivity index is 1.79. The average molecular weight is 233 g/mol. The van der Waals surface area contributed by atoms with Gasteiger partial charge >= 0.3 is 0 Å². The summed E-state index contributed by atoms with van der Waals surface area (Å²) in [6.45, 7) is 6.35. The minimum atomic E-state index is 0.779. The maximum absolute atomic E-state index is 5.26. The lowest BCUT2D eigenvalue weighted by Gasteiger charge is -2.06. The van der Waals surface area contributed by atoms with E-state index < -0.39 is 0 Å². The second-order valence-corrected chi connectivity index (χ2v) is 3.87. The molecule has 0 amide bonds. The molecule has 0 aliphatic rings. The Hall–Kier alpha value is -1.39. The fourth-order valence-electron chi connectivity index (χ4n) is 1.80. The van der Waals surface area contributed by atoms with Gasteiger partial charge in [0.05, 0.1) is 24.0 Å². The third kappa shape index (κ3) is 3.28. The summed E-state index contributed by atoms with van der Waals surface area (Å²) in [6.07, 6.45) is 1.90. The quantitative estimate of drug-likeness (QED) is 0.739. The number of benzene rings is 1. The average Bonchev–Trinajstić information content (AvgIpc) is 2.77. The van der Waals surface area contributed by atoms with E-state index in [2.05, 4.69) is 20.9 Å². The minimum Gasteiger partial charge on any atom is -0.380 e. The largest absolute Gasteiger partial charge is 0.380 e. The van der Waals surface area contributed by atoms with E-state index in [-0.39, 0.29) is 0 Å². The fraction of sp³-hybridized carbons (Fsp3) is 0.462. The van der Waals surface area contributed by atoms with Gasteiger partial charge in [-0.25, -0.2) is 4.98 Å². The number of ether oxygens (including phenoxy) is 1. The summed E-state index contributed by atoms with van der Waals surface area (Å²) >= 11 is 0. The van der Waals surface area contributed by atoms with Crippen molar-refractivity contribution < 1.29 is 4.74 Å². The molecule has 0 saturated heterocycles. The molecule has 1 aromatic heterocycles. The number of nitrogens with one attached hydrogen (secondary N) is 1. The molecular formula is C13H19N3O. The van der Waals surface area contributed by atoms with E-state index in [4.69, 9.17) is 4.74 Å². The fourth-order valence-corrected chi connectivity index (χ4v) is 1.80. The maximum Gasteiger partial charge on any atom is 0.0958 e. The van der Waals surface area contributed by atoms with Crippen molar-refractivity contribution in [3.8, 4) is 0 Å². The van der Waals surface area contributed by atoms with Gasteiger partial charge in [0.25, 0.3) is 0 Å². The molecule has 1 heterocycles. The highest BCUT2D eigenvalue weighted by molar-refractivity contribution is 5.74. The summed E-state index contributed by atoms with van der Waals surface area (Å²) in [5.74, 6) is 0. The van der Waals surface area contributed by atoms with Crippen LogP contribution in [-0.2, 0) is 11.3 Å². The van der Waals surface area contributed by atoms with Crippen molar-refractivity contribution in [1.82, 2.24) is 14.9 Å². The van der Waals surface area contributed by atoms with E-state index in [0.29, 0.717) is 0 Å². The van der Waals surface area contributed by atoms with Crippen LogP contribution in [-0.4, -0.2) is 35.9 Å². The summed E-state index contributed by atoms with van der Waals surface area (Å²) in [5.41, 5.74) is 2.25. The summed E-state index contributed by atoms with van der Waals surface area (Å²) in [4.78, 5) is 4.36. The first-order valence-corrected chi connectivity index (χ1v) is 6.10. The van der Waals surface area contributed by atoms with Crippen LogP contribution in [0.5, 0.6) is 0 Å². The first-order valence-electron chi connectivity index (χ1n) is 6.10. The minimum absolute atomic E-state index is 0.779. The molecule has 4 nitrogen and oxygen atoms in total. The van der Waals surface area contributed by atoms with Gasteiger partial charge in [-0.2, -0.15) is 0 Å². The van der Waals surface area contributed by atoms with Crippen LogP contribution < -0.4 is 5.32 Å². The molecule has 0 bridgehead atoms. The lowest BCUT2D eigenvalue weighted by molar-refractivity contribution is 0.149. The van der Waals surface area contributed by atoms with Crippen molar-refractivity contribution >= 4 is 11.0 Å². The standard InChI is InChI=1S/C13H19N3O/c1-2-17-10-8-14-7-9-16-11-15-12-5-3-4-6-13(12)16/h3-6,11,14H,2,7-10H2,1H3. The normalized spacial score (nSPS) is 11.1. The number of rotatable bonds is 7. The zero-order valence-electron chi connectivity index (χ0n) is 10.2. The second-order valence-electron chi connectivity index (χ2n) is 3.87. The number of nitrogens with zero attached hydrogens (tertiary/aromatic N) is 2. The van der Waals surface area contributed by atoms with Crippen LogP contribution in [0.3, 0.4) is 0 Å². The van der Waals surface area contributed by atoms with E-state index in [9.17, 15) is 0 Å². The molecule has 0 saturated carbocycles. The van der Waals surface area contributed by atoms with Gasteiger partial charge in [0.2, 0.25) is 0 Å². The van der Waals surface area contributed by atoms with Gasteiger partial charge in [0.15, 0.2) is 0 Å². The van der Waals surface area contributed by atoms with Crippen molar-refractivity contribution in [2.45, 2.75) is 13.5 Å². The van der Waals surface area contributed by atoms with Crippen LogP contribution in [0.15, 0.2) is 30.6 Å². The smallest absolute Gasteiger partial charge is 0.0958 e. The number of aromatic nitrogens is 2. The Morgan fingerprint density at radius 2 is 2.18 bits per heavy atom. The highest BCUT2D eigenvalue weighted by Crippen LogP contribution is 2.10. The van der Waals surface area contributed by atoms with Crippen LogP contribution >= 0.6 is 0 Å². The van der Waals surface area contributed by atoms with E-state index >= 15 is 0 Å². The van der Waals surface area contributed by atoms with Gasteiger partial charge in [-0.05, 0) is 19.1 Å². The molecule has 0 radical (unpaired) electrons. The molecular weight excluding hydrogens is 214 g/mol. The van der Waals surface area contributed by atoms with Gasteiger partial charge in [0, 0.05) is 26.2 Å². The highest BCUT2D eigenvalue weighted by Gasteiger charge is 1.99. The summed E-state index contributed by atoms with van der Waals surface area (Å²) in [5, 5.41) is 3.35. The molecule has 17 heavy (non-hydrogen) atoms. The molecule has 1 N–H and O–H groups in total. The van der Waals surface area contributed by atoms with Gasteiger partial charge in [-0.3, -0.25) is 0 Å². The number of fused-ring (bicyclic) bond motifs is 1. The monoisotopic (exact) mass is 233 g/mol. The zero-order valence-corrected chi connectivity index (χ0v) is 10.2. The van der Waals surface area contributed by atoms with Gasteiger partial charge in [-0.15, -0.1) is 0 Å². The highest BCUT2D eigenvalue weighted by atomic mass is 16.5. The first-order chi connectivity index (χ1) is 8.42. The van der Waals surface area contributed by atoms with E-state index in [0.717, 1.165) is 38.4 Å². The predicted molar refractivity (Wildman–Crippen MR) is 69.1 cm³/mol. The van der Waals surface area contributed by atoms with Crippen molar-refractivity contribution in [2.75, 3.05) is 26.3 Å². The molecule has 0 fully saturated rings. The van der Waals surface area contributed by atoms with Crippen LogP contribution in [0.2, 0.25) is 0 Å². The topological polar surface area (TPSA) is 39.1 Å². The lowest BCUT2D eigenvalue weighted by atomic mass is 10.3. The van der Waals surface area contributed by atoms with Crippen molar-refractivity contribution in [2.24, 2.45) is 0 Å². The molecule has 4 heteroatoms. The molecule has 0 aliphatic carbocycles. The molecule has 2 rings (SSSR count). The Morgan fingerprint density at radius 3 is 3.06 bits per heavy atom. The molecule has 92 valence electrons. The second kappa shape index (κ2) is 6.37. The Bertz CT molecular complexity index is 453. The van der Waals surface area contributed by atoms with Gasteiger partial charge in [-0.1, -0.05) is 12.1 Å². The number of hydrogen-bond donors (Lipinski definition) is 1. The number of imidazole rings is 1.